The van der Waals surface area contributed by atoms with Crippen molar-refractivity contribution in [2.45, 2.75) is 18.6 Å². The number of aryl methyl sites for hydroxylation is 1. The summed E-state index contributed by atoms with van der Waals surface area (Å²) in [5, 5.41) is 11.4. The molecule has 1 amide bonds. The van der Waals surface area contributed by atoms with Gasteiger partial charge in [0.2, 0.25) is 5.91 Å². The van der Waals surface area contributed by atoms with Crippen LogP contribution >= 0.6 is 0 Å². The summed E-state index contributed by atoms with van der Waals surface area (Å²) < 4.78 is 24.4. The molecule has 1 N–H and O–H groups in total. The predicted octanol–water partition coefficient (Wildman–Crippen LogP) is 2.29. The molecule has 0 aliphatic carbocycles. The minimum Gasteiger partial charge on any atom is -0.378 e. The third-order valence-corrected chi connectivity index (χ3v) is 5.71. The number of benzene rings is 2. The van der Waals surface area contributed by atoms with Crippen LogP contribution < -0.4 is 10.2 Å². The standard InChI is InChI=1S/C21H25N3O3S/c1-24(2)20-11-9-17(10-12-20)4-3-13-23-21(25)16-28(26,27)15-19-7-5-18(14-22)6-8-19/h5-12H,3-4,13,15-16H2,1-2H3,(H,23,25). The molecule has 2 aromatic rings. The van der Waals surface area contributed by atoms with Gasteiger partial charge in [0.05, 0.1) is 17.4 Å². The number of hydrogen-bond donors (Lipinski definition) is 1. The summed E-state index contributed by atoms with van der Waals surface area (Å²) in [7, 11) is 0.417. The largest absolute Gasteiger partial charge is 0.378 e. The molecule has 0 saturated heterocycles. The van der Waals surface area contributed by atoms with Gasteiger partial charge in [-0.05, 0) is 48.2 Å². The average molecular weight is 400 g/mol. The van der Waals surface area contributed by atoms with Crippen molar-refractivity contribution in [3.05, 3.63) is 65.2 Å². The fourth-order valence-corrected chi connectivity index (χ4v) is 4.02. The Morgan fingerprint density at radius 3 is 2.21 bits per heavy atom. The number of carbonyl (C=O) groups is 1. The number of nitriles is 1. The molecule has 0 aromatic heterocycles. The lowest BCUT2D eigenvalue weighted by atomic mass is 10.1. The molecule has 148 valence electrons. The Morgan fingerprint density at radius 2 is 1.64 bits per heavy atom. The molecule has 0 unspecified atom stereocenters. The maximum Gasteiger partial charge on any atom is 0.235 e. The third-order valence-electron chi connectivity index (χ3n) is 4.24. The average Bonchev–Trinajstić information content (AvgIpc) is 2.65. The first-order valence-electron chi connectivity index (χ1n) is 9.01. The van der Waals surface area contributed by atoms with E-state index in [2.05, 4.69) is 17.4 Å². The Labute approximate surface area is 166 Å². The van der Waals surface area contributed by atoms with E-state index < -0.39 is 21.5 Å². The van der Waals surface area contributed by atoms with Gasteiger partial charge in [-0.25, -0.2) is 8.42 Å². The molecule has 0 atom stereocenters. The molecule has 0 bridgehead atoms. The second-order valence-corrected chi connectivity index (χ2v) is 8.92. The van der Waals surface area contributed by atoms with Crippen molar-refractivity contribution >= 4 is 21.4 Å². The van der Waals surface area contributed by atoms with Gasteiger partial charge in [-0.1, -0.05) is 24.3 Å². The first kappa shape index (κ1) is 21.5. The molecule has 28 heavy (non-hydrogen) atoms. The molecule has 0 radical (unpaired) electrons. The van der Waals surface area contributed by atoms with Crippen molar-refractivity contribution in [2.24, 2.45) is 0 Å². The quantitative estimate of drug-likeness (QED) is 0.654. The topological polar surface area (TPSA) is 90.3 Å². The van der Waals surface area contributed by atoms with Crippen LogP contribution in [0.5, 0.6) is 0 Å². The highest BCUT2D eigenvalue weighted by molar-refractivity contribution is 7.91. The Morgan fingerprint density at radius 1 is 1.04 bits per heavy atom. The van der Waals surface area contributed by atoms with E-state index in [1.165, 1.54) is 5.56 Å². The Hall–Kier alpha value is -2.85. The van der Waals surface area contributed by atoms with Crippen LogP contribution in [0.4, 0.5) is 5.69 Å². The SMILES string of the molecule is CN(C)c1ccc(CCCNC(=O)CS(=O)(=O)Cc2ccc(C#N)cc2)cc1. The summed E-state index contributed by atoms with van der Waals surface area (Å²) in [6, 6.07) is 16.5. The summed E-state index contributed by atoms with van der Waals surface area (Å²) in [5.41, 5.74) is 3.33. The van der Waals surface area contributed by atoms with E-state index in [1.807, 2.05) is 37.2 Å². The fourth-order valence-electron chi connectivity index (χ4n) is 2.71. The van der Waals surface area contributed by atoms with Gasteiger partial charge >= 0.3 is 0 Å². The van der Waals surface area contributed by atoms with Gasteiger partial charge < -0.3 is 10.2 Å². The summed E-state index contributed by atoms with van der Waals surface area (Å²) in [5.74, 6) is -1.24. The van der Waals surface area contributed by atoms with Crippen molar-refractivity contribution in [2.75, 3.05) is 31.3 Å². The van der Waals surface area contributed by atoms with Crippen LogP contribution in [0.15, 0.2) is 48.5 Å². The second-order valence-electron chi connectivity index (χ2n) is 6.86. The van der Waals surface area contributed by atoms with Gasteiger partial charge in [0.15, 0.2) is 9.84 Å². The number of amides is 1. The van der Waals surface area contributed by atoms with Gasteiger partial charge in [0, 0.05) is 26.3 Å². The number of anilines is 1. The normalized spacial score (nSPS) is 10.9. The van der Waals surface area contributed by atoms with E-state index in [0.717, 1.165) is 18.5 Å². The maximum absolute atomic E-state index is 12.2. The minimum atomic E-state index is -3.56. The molecular weight excluding hydrogens is 374 g/mol. The summed E-state index contributed by atoms with van der Waals surface area (Å²) in [6.45, 7) is 0.431. The molecule has 0 spiro atoms. The van der Waals surface area contributed by atoms with Crippen LogP contribution in [0.25, 0.3) is 0 Å². The van der Waals surface area contributed by atoms with E-state index in [1.54, 1.807) is 24.3 Å². The second kappa shape index (κ2) is 9.90. The van der Waals surface area contributed by atoms with Gasteiger partial charge in [0.1, 0.15) is 5.75 Å². The van der Waals surface area contributed by atoms with Crippen LogP contribution in [-0.2, 0) is 26.8 Å². The Kier molecular flexibility index (Phi) is 7.59. The monoisotopic (exact) mass is 399 g/mol. The lowest BCUT2D eigenvalue weighted by Gasteiger charge is -2.12. The minimum absolute atomic E-state index is 0.218. The van der Waals surface area contributed by atoms with Crippen LogP contribution in [-0.4, -0.2) is 40.7 Å². The lowest BCUT2D eigenvalue weighted by molar-refractivity contribution is -0.118. The highest BCUT2D eigenvalue weighted by Crippen LogP contribution is 2.13. The number of rotatable bonds is 9. The predicted molar refractivity (Wildman–Crippen MR) is 111 cm³/mol. The van der Waals surface area contributed by atoms with Crippen LogP contribution in [0.2, 0.25) is 0 Å². The molecule has 6 nitrogen and oxygen atoms in total. The third kappa shape index (κ3) is 7.05. The van der Waals surface area contributed by atoms with Gasteiger partial charge in [-0.2, -0.15) is 5.26 Å². The van der Waals surface area contributed by atoms with Crippen LogP contribution in [0, 0.1) is 11.3 Å². The summed E-state index contributed by atoms with van der Waals surface area (Å²) in [6.07, 6.45) is 1.55. The number of sulfone groups is 1. The van der Waals surface area contributed by atoms with Crippen molar-refractivity contribution < 1.29 is 13.2 Å². The zero-order chi connectivity index (χ0) is 20.6. The van der Waals surface area contributed by atoms with Crippen molar-refractivity contribution in [3.63, 3.8) is 0 Å². The lowest BCUT2D eigenvalue weighted by Crippen LogP contribution is -2.31. The van der Waals surface area contributed by atoms with Gasteiger partial charge in [0.25, 0.3) is 0 Å². The number of hydrogen-bond acceptors (Lipinski definition) is 5. The highest BCUT2D eigenvalue weighted by Gasteiger charge is 2.17. The van der Waals surface area contributed by atoms with Crippen LogP contribution in [0.1, 0.15) is 23.1 Å². The number of nitrogens with one attached hydrogen (secondary N) is 1. The Bertz CT molecular complexity index is 928. The van der Waals surface area contributed by atoms with E-state index >= 15 is 0 Å². The Balaban J connectivity index is 1.74. The van der Waals surface area contributed by atoms with Gasteiger partial charge in [-0.15, -0.1) is 0 Å². The maximum atomic E-state index is 12.2. The van der Waals surface area contributed by atoms with Gasteiger partial charge in [-0.3, -0.25) is 4.79 Å². The van der Waals surface area contributed by atoms with E-state index in [9.17, 15) is 13.2 Å². The summed E-state index contributed by atoms with van der Waals surface area (Å²) >= 11 is 0. The molecule has 0 fully saturated rings. The zero-order valence-electron chi connectivity index (χ0n) is 16.2. The van der Waals surface area contributed by atoms with Crippen molar-refractivity contribution in [3.8, 4) is 6.07 Å². The molecule has 2 rings (SSSR count). The molecule has 0 aliphatic rings. The van der Waals surface area contributed by atoms with E-state index in [-0.39, 0.29) is 5.75 Å². The number of carbonyl (C=O) groups excluding carboxylic acids is 1. The molecule has 0 aliphatic heterocycles. The molecule has 7 heteroatoms. The first-order chi connectivity index (χ1) is 13.3. The zero-order valence-corrected chi connectivity index (χ0v) is 17.0. The van der Waals surface area contributed by atoms with E-state index in [0.29, 0.717) is 17.7 Å². The van der Waals surface area contributed by atoms with Crippen LogP contribution in [0.3, 0.4) is 0 Å². The fraction of sp³-hybridized carbons (Fsp3) is 0.333. The number of nitrogens with zero attached hydrogens (tertiary/aromatic N) is 2. The van der Waals surface area contributed by atoms with Crippen molar-refractivity contribution in [1.82, 2.24) is 5.32 Å². The first-order valence-corrected chi connectivity index (χ1v) is 10.8. The molecule has 0 heterocycles. The highest BCUT2D eigenvalue weighted by atomic mass is 32.2. The molecular formula is C21H25N3O3S. The summed E-state index contributed by atoms with van der Waals surface area (Å²) in [4.78, 5) is 14.0. The smallest absolute Gasteiger partial charge is 0.235 e. The van der Waals surface area contributed by atoms with Crippen molar-refractivity contribution in [1.29, 1.82) is 5.26 Å². The molecule has 2 aromatic carbocycles. The van der Waals surface area contributed by atoms with E-state index in [4.69, 9.17) is 5.26 Å². The molecule has 0 saturated carbocycles.